The Labute approximate surface area is 167 Å². The molecule has 1 amide bonds. The summed E-state index contributed by atoms with van der Waals surface area (Å²) in [6.07, 6.45) is 1.99. The van der Waals surface area contributed by atoms with E-state index in [2.05, 4.69) is 33.0 Å². The number of nitrogens with one attached hydrogen (secondary N) is 1. The van der Waals surface area contributed by atoms with Crippen LogP contribution >= 0.6 is 0 Å². The van der Waals surface area contributed by atoms with Gasteiger partial charge in [-0.1, -0.05) is 48.5 Å². The van der Waals surface area contributed by atoms with Crippen LogP contribution in [0.2, 0.25) is 0 Å². The van der Waals surface area contributed by atoms with E-state index in [1.54, 1.807) is 4.90 Å². The highest BCUT2D eigenvalue weighted by Crippen LogP contribution is 2.45. The van der Waals surface area contributed by atoms with Crippen molar-refractivity contribution in [3.05, 3.63) is 71.3 Å². The van der Waals surface area contributed by atoms with Crippen LogP contribution in [0.25, 0.3) is 0 Å². The molecular formula is C24H30N2O2. The van der Waals surface area contributed by atoms with Gasteiger partial charge >= 0.3 is 0 Å². The molecule has 0 unspecified atom stereocenters. The van der Waals surface area contributed by atoms with Gasteiger partial charge in [-0.05, 0) is 52.2 Å². The molecule has 2 aromatic rings. The molecule has 4 nitrogen and oxygen atoms in total. The van der Waals surface area contributed by atoms with Crippen molar-refractivity contribution in [2.45, 2.75) is 69.8 Å². The van der Waals surface area contributed by atoms with Crippen molar-refractivity contribution in [2.24, 2.45) is 0 Å². The average Bonchev–Trinajstić information content (AvgIpc) is 2.81. The lowest BCUT2D eigenvalue weighted by Crippen LogP contribution is -2.64. The van der Waals surface area contributed by atoms with Crippen LogP contribution in [-0.2, 0) is 12.1 Å². The number of carbonyl (C=O) groups excluding carboxylic acids is 1. The first-order valence-electron chi connectivity index (χ1n) is 10.1. The van der Waals surface area contributed by atoms with Gasteiger partial charge in [0.05, 0.1) is 0 Å². The summed E-state index contributed by atoms with van der Waals surface area (Å²) in [5.74, 6) is -0.0625. The second kappa shape index (κ2) is 6.43. The van der Waals surface area contributed by atoms with Crippen LogP contribution in [0.3, 0.4) is 0 Å². The second-order valence-electron chi connectivity index (χ2n) is 9.65. The van der Waals surface area contributed by atoms with Crippen molar-refractivity contribution in [2.75, 3.05) is 0 Å². The minimum atomic E-state index is -1.33. The van der Waals surface area contributed by atoms with Crippen LogP contribution in [0.1, 0.15) is 62.0 Å². The van der Waals surface area contributed by atoms with Crippen LogP contribution in [0.15, 0.2) is 54.6 Å². The van der Waals surface area contributed by atoms with E-state index >= 15 is 0 Å². The third-order valence-electron chi connectivity index (χ3n) is 6.03. The van der Waals surface area contributed by atoms with Crippen molar-refractivity contribution >= 4 is 5.91 Å². The Morgan fingerprint density at radius 3 is 2.18 bits per heavy atom. The van der Waals surface area contributed by atoms with Gasteiger partial charge in [0, 0.05) is 34.7 Å². The van der Waals surface area contributed by atoms with E-state index in [1.807, 2.05) is 54.6 Å². The lowest BCUT2D eigenvalue weighted by Gasteiger charge is -2.51. The third-order valence-corrected chi connectivity index (χ3v) is 6.03. The number of hydrogen-bond acceptors (Lipinski definition) is 3. The molecule has 28 heavy (non-hydrogen) atoms. The molecule has 0 aliphatic carbocycles. The normalized spacial score (nSPS) is 26.3. The highest BCUT2D eigenvalue weighted by Gasteiger charge is 2.54. The van der Waals surface area contributed by atoms with E-state index in [-0.39, 0.29) is 23.0 Å². The van der Waals surface area contributed by atoms with Gasteiger partial charge in [0.1, 0.15) is 0 Å². The molecule has 2 aliphatic rings. The maximum atomic E-state index is 13.5. The maximum absolute atomic E-state index is 13.5. The maximum Gasteiger partial charge on any atom is 0.257 e. The number of aliphatic hydroxyl groups is 1. The molecule has 0 bridgehead atoms. The van der Waals surface area contributed by atoms with Crippen molar-refractivity contribution < 1.29 is 9.90 Å². The molecule has 2 heterocycles. The summed E-state index contributed by atoms with van der Waals surface area (Å²) in [6.45, 7) is 8.69. The number of piperidine rings is 1. The number of nitrogens with zero attached hydrogens (tertiary/aromatic N) is 1. The Morgan fingerprint density at radius 2 is 1.54 bits per heavy atom. The standard InChI is InChI=1S/C24H30N2O2/c1-22(2)15-18(16-23(3,4)25-22)26-21(27)19-12-8-9-13-20(19)24(26,28)14-17-10-6-5-7-11-17/h5-13,18,25,28H,14-16H2,1-4H3/t24-/m0/s1. The smallest absolute Gasteiger partial charge is 0.257 e. The predicted octanol–water partition coefficient (Wildman–Crippen LogP) is 3.84. The van der Waals surface area contributed by atoms with Crippen molar-refractivity contribution in [1.82, 2.24) is 10.2 Å². The lowest BCUT2D eigenvalue weighted by atomic mass is 9.78. The summed E-state index contributed by atoms with van der Waals surface area (Å²) in [7, 11) is 0. The van der Waals surface area contributed by atoms with Gasteiger partial charge in [0.15, 0.2) is 5.72 Å². The fourth-order valence-electron chi connectivity index (χ4n) is 5.43. The molecular weight excluding hydrogens is 348 g/mol. The van der Waals surface area contributed by atoms with Crippen molar-refractivity contribution in [3.8, 4) is 0 Å². The van der Waals surface area contributed by atoms with Gasteiger partial charge in [-0.25, -0.2) is 0 Å². The van der Waals surface area contributed by atoms with Crippen LogP contribution in [0, 0.1) is 0 Å². The third kappa shape index (κ3) is 3.25. The molecule has 0 radical (unpaired) electrons. The minimum Gasteiger partial charge on any atom is -0.366 e. The van der Waals surface area contributed by atoms with Gasteiger partial charge in [0.25, 0.3) is 5.91 Å². The molecule has 0 aromatic heterocycles. The Hall–Kier alpha value is -2.17. The number of hydrogen-bond donors (Lipinski definition) is 2. The number of carbonyl (C=O) groups is 1. The molecule has 1 fully saturated rings. The summed E-state index contributed by atoms with van der Waals surface area (Å²) in [4.78, 5) is 15.2. The van der Waals surface area contributed by atoms with Crippen LogP contribution in [-0.4, -0.2) is 33.0 Å². The Bertz CT molecular complexity index is 874. The molecule has 2 aromatic carbocycles. The molecule has 2 aliphatic heterocycles. The van der Waals surface area contributed by atoms with E-state index in [1.165, 1.54) is 0 Å². The Balaban J connectivity index is 1.79. The minimum absolute atomic E-state index is 0.0418. The molecule has 4 rings (SSSR count). The average molecular weight is 379 g/mol. The SMILES string of the molecule is CC1(C)CC(N2C(=O)c3ccccc3[C@@]2(O)Cc2ccccc2)CC(C)(C)N1. The summed E-state index contributed by atoms with van der Waals surface area (Å²) in [5.41, 5.74) is 0.799. The van der Waals surface area contributed by atoms with E-state index in [9.17, 15) is 9.90 Å². The fourth-order valence-corrected chi connectivity index (χ4v) is 5.43. The molecule has 1 saturated heterocycles. The van der Waals surface area contributed by atoms with E-state index < -0.39 is 5.72 Å². The van der Waals surface area contributed by atoms with Crippen LogP contribution in [0.4, 0.5) is 0 Å². The fraction of sp³-hybridized carbons (Fsp3) is 0.458. The highest BCUT2D eigenvalue weighted by molar-refractivity contribution is 6.00. The molecule has 148 valence electrons. The van der Waals surface area contributed by atoms with Crippen molar-refractivity contribution in [3.63, 3.8) is 0 Å². The largest absolute Gasteiger partial charge is 0.366 e. The number of amides is 1. The van der Waals surface area contributed by atoms with Crippen LogP contribution < -0.4 is 5.32 Å². The summed E-state index contributed by atoms with van der Waals surface area (Å²) >= 11 is 0. The zero-order valence-electron chi connectivity index (χ0n) is 17.2. The van der Waals surface area contributed by atoms with Gasteiger partial charge in [0.2, 0.25) is 0 Å². The monoisotopic (exact) mass is 378 g/mol. The molecule has 2 N–H and O–H groups in total. The van der Waals surface area contributed by atoms with Gasteiger partial charge in [-0.2, -0.15) is 0 Å². The number of benzene rings is 2. The predicted molar refractivity (Wildman–Crippen MR) is 111 cm³/mol. The Kier molecular flexibility index (Phi) is 4.40. The summed E-state index contributed by atoms with van der Waals surface area (Å²) in [5, 5.41) is 15.7. The first-order chi connectivity index (χ1) is 13.1. The first-order valence-corrected chi connectivity index (χ1v) is 10.1. The Morgan fingerprint density at radius 1 is 0.964 bits per heavy atom. The van der Waals surface area contributed by atoms with Gasteiger partial charge in [-0.3, -0.25) is 4.79 Å². The van der Waals surface area contributed by atoms with Gasteiger partial charge in [-0.15, -0.1) is 0 Å². The van der Waals surface area contributed by atoms with Crippen molar-refractivity contribution in [1.29, 1.82) is 0 Å². The molecule has 0 spiro atoms. The van der Waals surface area contributed by atoms with Crippen LogP contribution in [0.5, 0.6) is 0 Å². The summed E-state index contributed by atoms with van der Waals surface area (Å²) < 4.78 is 0. The first kappa shape index (κ1) is 19.2. The van der Waals surface area contributed by atoms with E-state index in [4.69, 9.17) is 0 Å². The highest BCUT2D eigenvalue weighted by atomic mass is 16.3. The summed E-state index contributed by atoms with van der Waals surface area (Å²) in [6, 6.07) is 17.4. The zero-order chi connectivity index (χ0) is 20.2. The molecule has 4 heteroatoms. The lowest BCUT2D eigenvalue weighted by molar-refractivity contribution is -0.116. The second-order valence-corrected chi connectivity index (χ2v) is 9.65. The van der Waals surface area contributed by atoms with E-state index in [0.717, 1.165) is 24.0 Å². The topological polar surface area (TPSA) is 52.6 Å². The molecule has 0 saturated carbocycles. The van der Waals surface area contributed by atoms with Gasteiger partial charge < -0.3 is 15.3 Å². The molecule has 1 atom stereocenters. The quantitative estimate of drug-likeness (QED) is 0.853. The number of rotatable bonds is 3. The number of fused-ring (bicyclic) bond motifs is 1. The van der Waals surface area contributed by atoms with E-state index in [0.29, 0.717) is 12.0 Å². The zero-order valence-corrected chi connectivity index (χ0v) is 17.2.